The van der Waals surface area contributed by atoms with E-state index in [-0.39, 0.29) is 18.0 Å². The van der Waals surface area contributed by atoms with Gasteiger partial charge in [0.25, 0.3) is 5.56 Å². The first-order valence-corrected chi connectivity index (χ1v) is 12.1. The van der Waals surface area contributed by atoms with Crippen molar-refractivity contribution in [2.45, 2.75) is 34.2 Å². The summed E-state index contributed by atoms with van der Waals surface area (Å²) in [5.74, 6) is -0.306. The number of benzene rings is 2. The molecule has 0 radical (unpaired) electrons. The maximum atomic E-state index is 13.3. The van der Waals surface area contributed by atoms with Crippen LogP contribution in [0.1, 0.15) is 22.5 Å². The molecule has 0 atom stereocenters. The number of anilines is 1. The van der Waals surface area contributed by atoms with Gasteiger partial charge in [-0.3, -0.25) is 14.2 Å². The molecule has 3 heterocycles. The van der Waals surface area contributed by atoms with Gasteiger partial charge in [0, 0.05) is 4.88 Å². The highest BCUT2D eigenvalue weighted by Crippen LogP contribution is 2.35. The Morgan fingerprint density at radius 3 is 2.43 bits per heavy atom. The number of hydrogen-bond donors (Lipinski definition) is 1. The molecule has 0 aliphatic rings. The van der Waals surface area contributed by atoms with E-state index in [1.807, 2.05) is 87.0 Å². The van der Waals surface area contributed by atoms with Crippen LogP contribution in [-0.4, -0.2) is 25.2 Å². The number of nitrogens with one attached hydrogen (secondary N) is 1. The van der Waals surface area contributed by atoms with E-state index < -0.39 is 0 Å². The number of thiophene rings is 1. The molecule has 0 spiro atoms. The van der Waals surface area contributed by atoms with Gasteiger partial charge >= 0.3 is 0 Å². The Morgan fingerprint density at radius 2 is 1.71 bits per heavy atom. The van der Waals surface area contributed by atoms with Gasteiger partial charge in [0.2, 0.25) is 5.91 Å². The predicted octanol–water partition coefficient (Wildman–Crippen LogP) is 5.18. The minimum atomic E-state index is -0.306. The van der Waals surface area contributed by atoms with Gasteiger partial charge in [-0.15, -0.1) is 11.3 Å². The van der Waals surface area contributed by atoms with E-state index in [4.69, 9.17) is 0 Å². The normalized spacial score (nSPS) is 11.2. The first-order valence-electron chi connectivity index (χ1n) is 11.3. The molecule has 35 heavy (non-hydrogen) atoms. The molecule has 7 nitrogen and oxygen atoms in total. The Bertz CT molecular complexity index is 1610. The second-order valence-electron chi connectivity index (χ2n) is 8.62. The lowest BCUT2D eigenvalue weighted by Crippen LogP contribution is -2.28. The van der Waals surface area contributed by atoms with Crippen LogP contribution >= 0.6 is 11.3 Å². The molecule has 176 valence electrons. The van der Waals surface area contributed by atoms with E-state index in [1.165, 1.54) is 22.2 Å². The molecule has 0 saturated heterocycles. The SMILES string of the molecule is Cc1ccc(-n2nc(C)c(NC(=O)Cn3cnc4sc(-c5ccccc5)c(C)c4c3=O)c2C)cc1. The number of aromatic nitrogens is 4. The number of rotatable bonds is 5. The van der Waals surface area contributed by atoms with Crippen molar-refractivity contribution in [3.63, 3.8) is 0 Å². The van der Waals surface area contributed by atoms with Gasteiger partial charge in [-0.05, 0) is 51.0 Å². The summed E-state index contributed by atoms with van der Waals surface area (Å²) in [5, 5.41) is 8.10. The van der Waals surface area contributed by atoms with Crippen molar-refractivity contribution in [3.8, 4) is 16.1 Å². The van der Waals surface area contributed by atoms with E-state index in [2.05, 4.69) is 15.4 Å². The van der Waals surface area contributed by atoms with Crippen LogP contribution in [0.2, 0.25) is 0 Å². The Balaban J connectivity index is 1.42. The molecule has 1 N–H and O–H groups in total. The van der Waals surface area contributed by atoms with Crippen LogP contribution in [0.15, 0.2) is 65.7 Å². The molecule has 0 saturated carbocycles. The van der Waals surface area contributed by atoms with Crippen LogP contribution in [0.4, 0.5) is 5.69 Å². The van der Waals surface area contributed by atoms with Gasteiger partial charge < -0.3 is 5.32 Å². The topological polar surface area (TPSA) is 81.8 Å². The molecule has 0 fully saturated rings. The van der Waals surface area contributed by atoms with Crippen molar-refractivity contribution >= 4 is 33.1 Å². The highest BCUT2D eigenvalue weighted by Gasteiger charge is 2.19. The quantitative estimate of drug-likeness (QED) is 0.373. The Hall–Kier alpha value is -4.04. The molecule has 5 rings (SSSR count). The Kier molecular flexibility index (Phi) is 5.82. The predicted molar refractivity (Wildman–Crippen MR) is 140 cm³/mol. The molecule has 0 bridgehead atoms. The first-order chi connectivity index (χ1) is 16.8. The second-order valence-corrected chi connectivity index (χ2v) is 9.62. The summed E-state index contributed by atoms with van der Waals surface area (Å²) in [4.78, 5) is 32.4. The summed E-state index contributed by atoms with van der Waals surface area (Å²) in [6.07, 6.45) is 1.45. The summed E-state index contributed by atoms with van der Waals surface area (Å²) in [6.45, 7) is 7.60. The van der Waals surface area contributed by atoms with Gasteiger partial charge in [0.05, 0.1) is 34.5 Å². The molecular weight excluding hydrogens is 458 g/mol. The fraction of sp³-hybridized carbons (Fsp3) is 0.185. The summed E-state index contributed by atoms with van der Waals surface area (Å²) in [6, 6.07) is 18.0. The largest absolute Gasteiger partial charge is 0.321 e. The molecule has 5 aromatic rings. The van der Waals surface area contributed by atoms with Gasteiger partial charge in [-0.2, -0.15) is 5.10 Å². The average Bonchev–Trinajstić information content (AvgIpc) is 3.33. The lowest BCUT2D eigenvalue weighted by molar-refractivity contribution is -0.116. The highest BCUT2D eigenvalue weighted by molar-refractivity contribution is 7.22. The first kappa shape index (κ1) is 22.7. The van der Waals surface area contributed by atoms with E-state index in [1.54, 1.807) is 0 Å². The third-order valence-corrected chi connectivity index (χ3v) is 7.35. The maximum Gasteiger partial charge on any atom is 0.262 e. The third-order valence-electron chi connectivity index (χ3n) is 6.10. The smallest absolute Gasteiger partial charge is 0.262 e. The van der Waals surface area contributed by atoms with Crippen LogP contribution in [0.25, 0.3) is 26.3 Å². The number of aryl methyl sites for hydroxylation is 3. The van der Waals surface area contributed by atoms with Crippen LogP contribution in [-0.2, 0) is 11.3 Å². The van der Waals surface area contributed by atoms with E-state index in [0.29, 0.717) is 21.6 Å². The van der Waals surface area contributed by atoms with Gasteiger partial charge in [0.15, 0.2) is 0 Å². The van der Waals surface area contributed by atoms with Gasteiger partial charge in [-0.25, -0.2) is 9.67 Å². The zero-order valence-corrected chi connectivity index (χ0v) is 20.8. The van der Waals surface area contributed by atoms with Crippen molar-refractivity contribution in [3.05, 3.63) is 93.8 Å². The van der Waals surface area contributed by atoms with E-state index in [0.717, 1.165) is 32.9 Å². The molecule has 1 amide bonds. The molecule has 8 heteroatoms. The number of fused-ring (bicyclic) bond motifs is 1. The number of hydrogen-bond acceptors (Lipinski definition) is 5. The minimum Gasteiger partial charge on any atom is -0.321 e. The molecular formula is C27H25N5O2S. The summed E-state index contributed by atoms with van der Waals surface area (Å²) in [5.41, 5.74) is 5.98. The minimum absolute atomic E-state index is 0.133. The van der Waals surface area contributed by atoms with Crippen molar-refractivity contribution in [2.24, 2.45) is 0 Å². The third kappa shape index (κ3) is 4.17. The number of nitrogens with zero attached hydrogens (tertiary/aromatic N) is 4. The number of carbonyl (C=O) groups is 1. The number of carbonyl (C=O) groups excluding carboxylic acids is 1. The summed E-state index contributed by atoms with van der Waals surface area (Å²) >= 11 is 1.49. The maximum absolute atomic E-state index is 13.3. The molecule has 0 aliphatic heterocycles. The summed E-state index contributed by atoms with van der Waals surface area (Å²) in [7, 11) is 0. The monoisotopic (exact) mass is 483 g/mol. The van der Waals surface area contributed by atoms with Crippen molar-refractivity contribution in [1.82, 2.24) is 19.3 Å². The van der Waals surface area contributed by atoms with Crippen molar-refractivity contribution in [1.29, 1.82) is 0 Å². The molecule has 2 aromatic carbocycles. The zero-order chi connectivity index (χ0) is 24.7. The van der Waals surface area contributed by atoms with Gasteiger partial charge in [0.1, 0.15) is 11.4 Å². The Labute approximate surface area is 206 Å². The summed E-state index contributed by atoms with van der Waals surface area (Å²) < 4.78 is 3.17. The van der Waals surface area contributed by atoms with E-state index in [9.17, 15) is 9.59 Å². The second kappa shape index (κ2) is 8.96. The van der Waals surface area contributed by atoms with Crippen LogP contribution in [0.3, 0.4) is 0 Å². The molecule has 0 unspecified atom stereocenters. The van der Waals surface area contributed by atoms with Crippen LogP contribution in [0.5, 0.6) is 0 Å². The lowest BCUT2D eigenvalue weighted by atomic mass is 10.1. The lowest BCUT2D eigenvalue weighted by Gasteiger charge is -2.09. The number of amides is 1. The van der Waals surface area contributed by atoms with Gasteiger partial charge in [-0.1, -0.05) is 48.0 Å². The zero-order valence-electron chi connectivity index (χ0n) is 20.0. The fourth-order valence-electron chi connectivity index (χ4n) is 4.23. The van der Waals surface area contributed by atoms with Crippen molar-refractivity contribution in [2.75, 3.05) is 5.32 Å². The molecule has 0 aliphatic carbocycles. The highest BCUT2D eigenvalue weighted by atomic mass is 32.1. The standard InChI is InChI=1S/C27H25N5O2S/c1-16-10-12-21(13-11-16)32-19(4)24(18(3)30-32)29-22(33)14-31-15-28-26-23(27(31)34)17(2)25(35-26)20-8-6-5-7-9-20/h5-13,15H,14H2,1-4H3,(H,29,33). The average molecular weight is 484 g/mol. The Morgan fingerprint density at radius 1 is 1.00 bits per heavy atom. The van der Waals surface area contributed by atoms with Crippen LogP contribution in [0, 0.1) is 27.7 Å². The fourth-order valence-corrected chi connectivity index (χ4v) is 5.38. The van der Waals surface area contributed by atoms with E-state index >= 15 is 0 Å². The molecule has 3 aromatic heterocycles. The van der Waals surface area contributed by atoms with Crippen LogP contribution < -0.4 is 10.9 Å². The van der Waals surface area contributed by atoms with Crippen molar-refractivity contribution < 1.29 is 4.79 Å².